The highest BCUT2D eigenvalue weighted by atomic mass is 32.1. The van der Waals surface area contributed by atoms with E-state index in [0.717, 1.165) is 36.5 Å². The largest absolute Gasteiger partial charge is 0.336 e. The lowest BCUT2D eigenvalue weighted by Crippen LogP contribution is -2.46. The van der Waals surface area contributed by atoms with Crippen LogP contribution in [0.1, 0.15) is 64.8 Å². The van der Waals surface area contributed by atoms with Gasteiger partial charge in [0.05, 0.1) is 10.7 Å². The highest BCUT2D eigenvalue weighted by Gasteiger charge is 2.28. The summed E-state index contributed by atoms with van der Waals surface area (Å²) in [6.07, 6.45) is 7.35. The molecule has 1 amide bonds. The van der Waals surface area contributed by atoms with Gasteiger partial charge in [-0.15, -0.1) is 11.3 Å². The first kappa shape index (κ1) is 15.0. The fourth-order valence-corrected chi connectivity index (χ4v) is 4.71. The maximum atomic E-state index is 12.8. The van der Waals surface area contributed by atoms with Crippen molar-refractivity contribution in [3.63, 3.8) is 0 Å². The number of nitrogens with one attached hydrogen (secondary N) is 1. The minimum atomic E-state index is 0.189. The molecule has 5 heteroatoms. The van der Waals surface area contributed by atoms with Crippen molar-refractivity contribution in [2.45, 2.75) is 57.4 Å². The predicted molar refractivity (Wildman–Crippen MR) is 86.0 cm³/mol. The minimum absolute atomic E-state index is 0.189. The number of thiazole rings is 1. The van der Waals surface area contributed by atoms with Gasteiger partial charge in [-0.1, -0.05) is 12.8 Å². The van der Waals surface area contributed by atoms with Crippen LogP contribution in [0, 0.1) is 6.92 Å². The highest BCUT2D eigenvalue weighted by Crippen LogP contribution is 2.37. The lowest BCUT2D eigenvalue weighted by molar-refractivity contribution is 0.0702. The van der Waals surface area contributed by atoms with Gasteiger partial charge >= 0.3 is 0 Å². The molecule has 3 rings (SSSR count). The zero-order valence-corrected chi connectivity index (χ0v) is 13.8. The maximum absolute atomic E-state index is 12.8. The Kier molecular flexibility index (Phi) is 4.60. The van der Waals surface area contributed by atoms with Gasteiger partial charge in [0.1, 0.15) is 4.88 Å². The van der Waals surface area contributed by atoms with Crippen molar-refractivity contribution >= 4 is 17.2 Å². The molecule has 21 heavy (non-hydrogen) atoms. The van der Waals surface area contributed by atoms with Gasteiger partial charge in [0.25, 0.3) is 5.91 Å². The number of hydrogen-bond donors (Lipinski definition) is 1. The number of aromatic nitrogens is 1. The quantitative estimate of drug-likeness (QED) is 0.934. The molecule has 1 saturated carbocycles. The summed E-state index contributed by atoms with van der Waals surface area (Å²) in [5, 5.41) is 4.49. The number of aryl methyl sites for hydroxylation is 1. The standard InChI is InChI=1S/C16H25N3OS/c1-11-14(21-15(18-11)12-6-3-4-7-12)16(20)19-9-5-8-13(10-19)17-2/h12-13,17H,3-10H2,1-2H3/t13-/m0/s1. The molecule has 0 spiro atoms. The molecule has 1 saturated heterocycles. The molecular formula is C16H25N3OS. The summed E-state index contributed by atoms with van der Waals surface area (Å²) in [5.74, 6) is 0.788. The van der Waals surface area contributed by atoms with E-state index in [2.05, 4.69) is 5.32 Å². The summed E-state index contributed by atoms with van der Waals surface area (Å²) >= 11 is 1.64. The average Bonchev–Trinajstić information content (AvgIpc) is 3.16. The van der Waals surface area contributed by atoms with E-state index in [1.807, 2.05) is 18.9 Å². The van der Waals surface area contributed by atoms with Crippen LogP contribution in [0.5, 0.6) is 0 Å². The monoisotopic (exact) mass is 307 g/mol. The second-order valence-corrected chi connectivity index (χ2v) is 7.36. The fraction of sp³-hybridized carbons (Fsp3) is 0.750. The Bertz CT molecular complexity index is 508. The Hall–Kier alpha value is -0.940. The molecule has 2 fully saturated rings. The van der Waals surface area contributed by atoms with Crippen LogP contribution in [0.15, 0.2) is 0 Å². The summed E-state index contributed by atoms with van der Waals surface area (Å²) in [4.78, 5) is 20.4. The first-order chi connectivity index (χ1) is 10.2. The number of nitrogens with zero attached hydrogens (tertiary/aromatic N) is 2. The van der Waals surface area contributed by atoms with Crippen LogP contribution >= 0.6 is 11.3 Å². The van der Waals surface area contributed by atoms with Gasteiger partial charge in [-0.25, -0.2) is 4.98 Å². The molecule has 1 aliphatic carbocycles. The third-order valence-corrected chi connectivity index (χ3v) is 6.14. The molecule has 1 aliphatic heterocycles. The van der Waals surface area contributed by atoms with E-state index >= 15 is 0 Å². The average molecular weight is 307 g/mol. The third-order valence-electron chi connectivity index (χ3n) is 4.83. The number of likely N-dealkylation sites (tertiary alicyclic amines) is 1. The Morgan fingerprint density at radius 1 is 1.29 bits per heavy atom. The van der Waals surface area contributed by atoms with E-state index < -0.39 is 0 Å². The topological polar surface area (TPSA) is 45.2 Å². The predicted octanol–water partition coefficient (Wildman–Crippen LogP) is 2.93. The number of likely N-dealkylation sites (N-methyl/N-ethyl adjacent to an activating group) is 1. The second-order valence-electron chi connectivity index (χ2n) is 6.33. The Morgan fingerprint density at radius 3 is 2.76 bits per heavy atom. The summed E-state index contributed by atoms with van der Waals surface area (Å²) in [7, 11) is 1.98. The summed E-state index contributed by atoms with van der Waals surface area (Å²) in [5.41, 5.74) is 0.929. The Balaban J connectivity index is 1.74. The molecule has 0 unspecified atom stereocenters. The molecule has 1 N–H and O–H groups in total. The molecule has 0 radical (unpaired) electrons. The van der Waals surface area contributed by atoms with Gasteiger partial charge in [-0.3, -0.25) is 4.79 Å². The summed E-state index contributed by atoms with van der Waals surface area (Å²) < 4.78 is 0. The first-order valence-corrected chi connectivity index (χ1v) is 8.94. The van der Waals surface area contributed by atoms with Gasteiger partial charge in [0, 0.05) is 25.0 Å². The van der Waals surface area contributed by atoms with Gasteiger partial charge in [0.15, 0.2) is 0 Å². The van der Waals surface area contributed by atoms with Gasteiger partial charge in [-0.2, -0.15) is 0 Å². The lowest BCUT2D eigenvalue weighted by Gasteiger charge is -2.32. The van der Waals surface area contributed by atoms with Gasteiger partial charge in [0.2, 0.25) is 0 Å². The highest BCUT2D eigenvalue weighted by molar-refractivity contribution is 7.13. The van der Waals surface area contributed by atoms with Crippen molar-refractivity contribution in [3.8, 4) is 0 Å². The normalized spacial score (nSPS) is 23.7. The van der Waals surface area contributed by atoms with Crippen molar-refractivity contribution < 1.29 is 4.79 Å². The number of carbonyl (C=O) groups excluding carboxylic acids is 1. The van der Waals surface area contributed by atoms with Crippen molar-refractivity contribution in [3.05, 3.63) is 15.6 Å². The summed E-state index contributed by atoms with van der Waals surface area (Å²) in [6, 6.07) is 0.435. The van der Waals surface area contributed by atoms with Gasteiger partial charge in [-0.05, 0) is 39.7 Å². The van der Waals surface area contributed by atoms with Crippen molar-refractivity contribution in [1.82, 2.24) is 15.2 Å². The smallest absolute Gasteiger partial charge is 0.265 e. The van der Waals surface area contributed by atoms with E-state index in [9.17, 15) is 4.79 Å². The van der Waals surface area contributed by atoms with Crippen LogP contribution in [-0.2, 0) is 0 Å². The Labute approximate surface area is 130 Å². The molecule has 4 nitrogen and oxygen atoms in total. The third kappa shape index (κ3) is 3.14. The number of piperidine rings is 1. The minimum Gasteiger partial charge on any atom is -0.336 e. The molecule has 116 valence electrons. The van der Waals surface area contributed by atoms with E-state index in [1.165, 1.54) is 30.7 Å². The molecule has 0 aromatic carbocycles. The maximum Gasteiger partial charge on any atom is 0.265 e. The van der Waals surface area contributed by atoms with Crippen LogP contribution in [0.25, 0.3) is 0 Å². The molecule has 1 aromatic heterocycles. The van der Waals surface area contributed by atoms with Gasteiger partial charge < -0.3 is 10.2 Å². The van der Waals surface area contributed by atoms with E-state index in [1.54, 1.807) is 11.3 Å². The molecule has 1 aromatic rings. The number of hydrogen-bond acceptors (Lipinski definition) is 4. The molecule has 0 bridgehead atoms. The van der Waals surface area contributed by atoms with Crippen LogP contribution in [0.4, 0.5) is 0 Å². The zero-order chi connectivity index (χ0) is 14.8. The molecule has 1 atom stereocenters. The first-order valence-electron chi connectivity index (χ1n) is 8.13. The SMILES string of the molecule is CN[C@H]1CCCN(C(=O)c2sc(C3CCCC3)nc2C)C1. The van der Waals surface area contributed by atoms with E-state index in [0.29, 0.717) is 12.0 Å². The Morgan fingerprint density at radius 2 is 2.05 bits per heavy atom. The molecular weight excluding hydrogens is 282 g/mol. The fourth-order valence-electron chi connectivity index (χ4n) is 3.50. The number of amides is 1. The van der Waals surface area contributed by atoms with Crippen molar-refractivity contribution in [2.24, 2.45) is 0 Å². The van der Waals surface area contributed by atoms with E-state index in [-0.39, 0.29) is 5.91 Å². The van der Waals surface area contributed by atoms with Crippen LogP contribution < -0.4 is 5.32 Å². The van der Waals surface area contributed by atoms with Crippen molar-refractivity contribution in [2.75, 3.05) is 20.1 Å². The van der Waals surface area contributed by atoms with Crippen molar-refractivity contribution in [1.29, 1.82) is 0 Å². The zero-order valence-electron chi connectivity index (χ0n) is 13.0. The van der Waals surface area contributed by atoms with Crippen LogP contribution in [-0.4, -0.2) is 42.0 Å². The summed E-state index contributed by atoms with van der Waals surface area (Å²) in [6.45, 7) is 3.69. The molecule has 2 heterocycles. The lowest BCUT2D eigenvalue weighted by atomic mass is 10.1. The number of rotatable bonds is 3. The second kappa shape index (κ2) is 6.44. The van der Waals surface area contributed by atoms with E-state index in [4.69, 9.17) is 4.98 Å². The number of carbonyl (C=O) groups is 1. The van der Waals surface area contributed by atoms with Crippen LogP contribution in [0.3, 0.4) is 0 Å². The van der Waals surface area contributed by atoms with Crippen LogP contribution in [0.2, 0.25) is 0 Å². The molecule has 2 aliphatic rings.